The molecule has 3 atom stereocenters. The van der Waals surface area contributed by atoms with Crippen LogP contribution in [0.2, 0.25) is 0 Å². The molecular formula is C22H25FN4O4. The maximum Gasteiger partial charge on any atom is 0.287 e. The van der Waals surface area contributed by atoms with Crippen LogP contribution in [0.25, 0.3) is 0 Å². The Morgan fingerprint density at radius 1 is 1.23 bits per heavy atom. The lowest BCUT2D eigenvalue weighted by atomic mass is 10.0. The van der Waals surface area contributed by atoms with Crippen LogP contribution in [0.4, 0.5) is 4.39 Å². The predicted octanol–water partition coefficient (Wildman–Crippen LogP) is 1.19. The Labute approximate surface area is 179 Å². The third kappa shape index (κ3) is 5.11. The van der Waals surface area contributed by atoms with Crippen molar-refractivity contribution in [1.82, 2.24) is 20.9 Å². The standard InChI is InChI=1S/C22H25FN4O4/c23-15-5-3-14(4-6-15)11-24-20(28)8-7-17-12-25-21(29)18-10-16(13-27(17)18)26-22(30)19-2-1-9-31-19/h1-6,9,16-18H,7-8,10-13H2,(H,24,28)(H,25,29)(H,26,30). The van der Waals surface area contributed by atoms with Crippen LogP contribution in [0.3, 0.4) is 0 Å². The topological polar surface area (TPSA) is 104 Å². The minimum atomic E-state index is -0.317. The second-order valence-electron chi connectivity index (χ2n) is 7.94. The third-order valence-electron chi connectivity index (χ3n) is 5.81. The van der Waals surface area contributed by atoms with Crippen LogP contribution in [0.5, 0.6) is 0 Å². The van der Waals surface area contributed by atoms with Crippen LogP contribution in [0, 0.1) is 5.82 Å². The third-order valence-corrected chi connectivity index (χ3v) is 5.81. The molecular weight excluding hydrogens is 403 g/mol. The highest BCUT2D eigenvalue weighted by atomic mass is 19.1. The summed E-state index contributed by atoms with van der Waals surface area (Å²) < 4.78 is 18.1. The summed E-state index contributed by atoms with van der Waals surface area (Å²) in [5.74, 6) is -0.518. The molecule has 3 N–H and O–H groups in total. The molecule has 0 spiro atoms. The van der Waals surface area contributed by atoms with Gasteiger partial charge < -0.3 is 20.4 Å². The summed E-state index contributed by atoms with van der Waals surface area (Å²) in [5.41, 5.74) is 0.828. The molecule has 31 heavy (non-hydrogen) atoms. The molecule has 1 aromatic heterocycles. The molecule has 2 fully saturated rings. The number of halogens is 1. The fourth-order valence-corrected chi connectivity index (χ4v) is 4.20. The van der Waals surface area contributed by atoms with Crippen molar-refractivity contribution in [3.05, 3.63) is 59.8 Å². The molecule has 8 nitrogen and oxygen atoms in total. The number of carbonyl (C=O) groups excluding carboxylic acids is 3. The van der Waals surface area contributed by atoms with Crippen molar-refractivity contribution in [2.45, 2.75) is 43.9 Å². The highest BCUT2D eigenvalue weighted by molar-refractivity contribution is 5.91. The molecule has 2 aromatic rings. The molecule has 0 radical (unpaired) electrons. The summed E-state index contributed by atoms with van der Waals surface area (Å²) in [7, 11) is 0. The van der Waals surface area contributed by atoms with Crippen LogP contribution >= 0.6 is 0 Å². The van der Waals surface area contributed by atoms with Gasteiger partial charge in [-0.2, -0.15) is 0 Å². The number of hydrogen-bond acceptors (Lipinski definition) is 5. The van der Waals surface area contributed by atoms with E-state index in [0.717, 1.165) is 5.56 Å². The highest BCUT2D eigenvalue weighted by Crippen LogP contribution is 2.26. The zero-order valence-electron chi connectivity index (χ0n) is 17.0. The molecule has 4 rings (SSSR count). The molecule has 2 aliphatic rings. The van der Waals surface area contributed by atoms with Gasteiger partial charge in [-0.15, -0.1) is 0 Å². The monoisotopic (exact) mass is 428 g/mol. The summed E-state index contributed by atoms with van der Waals surface area (Å²) in [4.78, 5) is 38.9. The first-order valence-electron chi connectivity index (χ1n) is 10.4. The van der Waals surface area contributed by atoms with Gasteiger partial charge in [0.2, 0.25) is 11.8 Å². The predicted molar refractivity (Wildman–Crippen MR) is 109 cm³/mol. The lowest BCUT2D eigenvalue weighted by Crippen LogP contribution is -2.58. The van der Waals surface area contributed by atoms with E-state index < -0.39 is 0 Å². The average Bonchev–Trinajstić information content (AvgIpc) is 3.43. The number of fused-ring (bicyclic) bond motifs is 1. The fraction of sp³-hybridized carbons (Fsp3) is 0.409. The van der Waals surface area contributed by atoms with Crippen LogP contribution in [-0.2, 0) is 16.1 Å². The summed E-state index contributed by atoms with van der Waals surface area (Å²) >= 11 is 0. The SMILES string of the molecule is O=C(CCC1CNC(=O)C2CC(NC(=O)c3ccco3)CN12)NCc1ccc(F)cc1. The van der Waals surface area contributed by atoms with E-state index in [4.69, 9.17) is 4.42 Å². The van der Waals surface area contributed by atoms with E-state index in [1.165, 1.54) is 18.4 Å². The summed E-state index contributed by atoms with van der Waals surface area (Å²) in [6.45, 7) is 1.36. The fourth-order valence-electron chi connectivity index (χ4n) is 4.20. The summed E-state index contributed by atoms with van der Waals surface area (Å²) in [6, 6.07) is 8.78. The molecule has 3 heterocycles. The van der Waals surface area contributed by atoms with Crippen LogP contribution < -0.4 is 16.0 Å². The number of rotatable bonds is 7. The van der Waals surface area contributed by atoms with Crippen molar-refractivity contribution in [1.29, 1.82) is 0 Å². The number of benzene rings is 1. The maximum atomic E-state index is 13.0. The molecule has 2 aliphatic heterocycles. The maximum absolute atomic E-state index is 13.0. The largest absolute Gasteiger partial charge is 0.459 e. The van der Waals surface area contributed by atoms with Gasteiger partial charge in [0.1, 0.15) is 5.82 Å². The van der Waals surface area contributed by atoms with Gasteiger partial charge in [-0.1, -0.05) is 12.1 Å². The molecule has 0 saturated carbocycles. The van der Waals surface area contributed by atoms with Gasteiger partial charge >= 0.3 is 0 Å². The lowest BCUT2D eigenvalue weighted by Gasteiger charge is -2.37. The Bertz CT molecular complexity index is 931. The first-order valence-corrected chi connectivity index (χ1v) is 10.4. The van der Waals surface area contributed by atoms with Crippen molar-refractivity contribution in [3.63, 3.8) is 0 Å². The van der Waals surface area contributed by atoms with E-state index in [9.17, 15) is 18.8 Å². The van der Waals surface area contributed by atoms with Gasteiger partial charge in [-0.3, -0.25) is 19.3 Å². The number of carbonyl (C=O) groups is 3. The van der Waals surface area contributed by atoms with Gasteiger partial charge in [0.25, 0.3) is 5.91 Å². The van der Waals surface area contributed by atoms with E-state index in [-0.39, 0.29) is 47.4 Å². The van der Waals surface area contributed by atoms with Crippen molar-refractivity contribution in [2.24, 2.45) is 0 Å². The minimum absolute atomic E-state index is 0.0183. The second-order valence-corrected chi connectivity index (χ2v) is 7.94. The molecule has 2 saturated heterocycles. The van der Waals surface area contributed by atoms with Crippen molar-refractivity contribution < 1.29 is 23.2 Å². The number of amides is 3. The zero-order valence-corrected chi connectivity index (χ0v) is 17.0. The molecule has 3 amide bonds. The van der Waals surface area contributed by atoms with Gasteiger partial charge in [0.05, 0.1) is 12.3 Å². The molecule has 3 unspecified atom stereocenters. The second kappa shape index (κ2) is 9.30. The van der Waals surface area contributed by atoms with E-state index in [0.29, 0.717) is 38.9 Å². The summed E-state index contributed by atoms with van der Waals surface area (Å²) in [6.07, 6.45) is 2.86. The van der Waals surface area contributed by atoms with E-state index in [1.54, 1.807) is 24.3 Å². The van der Waals surface area contributed by atoms with Crippen molar-refractivity contribution in [2.75, 3.05) is 13.1 Å². The Kier molecular flexibility index (Phi) is 6.31. The Balaban J connectivity index is 1.27. The van der Waals surface area contributed by atoms with E-state index in [1.807, 2.05) is 0 Å². The van der Waals surface area contributed by atoms with E-state index >= 15 is 0 Å². The Morgan fingerprint density at radius 2 is 2.03 bits per heavy atom. The van der Waals surface area contributed by atoms with Crippen molar-refractivity contribution >= 4 is 17.7 Å². The molecule has 0 aliphatic carbocycles. The first-order chi connectivity index (χ1) is 15.0. The Morgan fingerprint density at radius 3 is 2.77 bits per heavy atom. The van der Waals surface area contributed by atoms with Gasteiger partial charge in [-0.05, 0) is 42.7 Å². The zero-order chi connectivity index (χ0) is 21.8. The minimum Gasteiger partial charge on any atom is -0.459 e. The van der Waals surface area contributed by atoms with Crippen LogP contribution in [0.15, 0.2) is 47.1 Å². The number of piperazine rings is 1. The normalized spacial score (nSPS) is 23.1. The van der Waals surface area contributed by atoms with Gasteiger partial charge in [0, 0.05) is 38.1 Å². The molecule has 164 valence electrons. The molecule has 9 heteroatoms. The number of nitrogens with one attached hydrogen (secondary N) is 3. The lowest BCUT2D eigenvalue weighted by molar-refractivity contribution is -0.129. The summed E-state index contributed by atoms with van der Waals surface area (Å²) in [5, 5.41) is 8.68. The highest BCUT2D eigenvalue weighted by Gasteiger charge is 2.43. The Hall–Kier alpha value is -3.20. The number of nitrogens with zero attached hydrogens (tertiary/aromatic N) is 1. The average molecular weight is 428 g/mol. The van der Waals surface area contributed by atoms with Crippen molar-refractivity contribution in [3.8, 4) is 0 Å². The smallest absolute Gasteiger partial charge is 0.287 e. The van der Waals surface area contributed by atoms with Crippen LogP contribution in [-0.4, -0.2) is 53.8 Å². The molecule has 0 bridgehead atoms. The first kappa shape index (κ1) is 21.0. The van der Waals surface area contributed by atoms with Gasteiger partial charge in [-0.25, -0.2) is 4.39 Å². The van der Waals surface area contributed by atoms with E-state index in [2.05, 4.69) is 20.9 Å². The number of furan rings is 1. The quantitative estimate of drug-likeness (QED) is 0.615. The van der Waals surface area contributed by atoms with Crippen LogP contribution in [0.1, 0.15) is 35.4 Å². The number of hydrogen-bond donors (Lipinski definition) is 3. The van der Waals surface area contributed by atoms with Gasteiger partial charge in [0.15, 0.2) is 5.76 Å². The molecule has 1 aromatic carbocycles.